The molecule has 0 radical (unpaired) electrons. The number of anilines is 1. The van der Waals surface area contributed by atoms with Crippen LogP contribution in [0.15, 0.2) is 6.07 Å². The zero-order valence-corrected chi connectivity index (χ0v) is 8.64. The summed E-state index contributed by atoms with van der Waals surface area (Å²) in [5.74, 6) is 1.23. The first kappa shape index (κ1) is 11.7. The van der Waals surface area contributed by atoms with Crippen LogP contribution in [0.2, 0.25) is 0 Å². The van der Waals surface area contributed by atoms with Crippen molar-refractivity contribution >= 4 is 5.82 Å². The molecule has 0 unspecified atom stereocenters. The highest BCUT2D eigenvalue weighted by Gasteiger charge is 2.03. The lowest BCUT2D eigenvalue weighted by Crippen LogP contribution is -2.06. The molecule has 0 fully saturated rings. The van der Waals surface area contributed by atoms with E-state index in [1.807, 2.05) is 0 Å². The molecule has 0 spiro atoms. The normalized spacial score (nSPS) is 10.3. The highest BCUT2D eigenvalue weighted by Crippen LogP contribution is 2.11. The first-order valence-corrected chi connectivity index (χ1v) is 4.62. The van der Waals surface area contributed by atoms with Crippen LogP contribution in [0.1, 0.15) is 12.2 Å². The lowest BCUT2D eigenvalue weighted by Gasteiger charge is -2.06. The minimum absolute atomic E-state index is 0.0888. The summed E-state index contributed by atoms with van der Waals surface area (Å²) < 4.78 is 10.2. The molecule has 1 aromatic heterocycles. The van der Waals surface area contributed by atoms with Crippen molar-refractivity contribution < 1.29 is 14.6 Å². The molecular weight excluding hydrogens is 198 g/mol. The van der Waals surface area contributed by atoms with E-state index >= 15 is 0 Å². The lowest BCUT2D eigenvalue weighted by molar-refractivity contribution is 0.175. The van der Waals surface area contributed by atoms with Gasteiger partial charge in [0, 0.05) is 26.2 Å². The topological polar surface area (TPSA) is 90.5 Å². The minimum Gasteiger partial charge on any atom is -0.477 e. The molecule has 0 aliphatic rings. The van der Waals surface area contributed by atoms with E-state index in [9.17, 15) is 0 Å². The summed E-state index contributed by atoms with van der Waals surface area (Å²) in [5, 5.41) is 8.58. The van der Waals surface area contributed by atoms with Gasteiger partial charge in [0.25, 0.3) is 0 Å². The van der Waals surface area contributed by atoms with Gasteiger partial charge in [-0.2, -0.15) is 4.98 Å². The predicted molar refractivity (Wildman–Crippen MR) is 54.4 cm³/mol. The Morgan fingerprint density at radius 2 is 2.27 bits per heavy atom. The molecule has 3 N–H and O–H groups in total. The molecule has 6 nitrogen and oxygen atoms in total. The van der Waals surface area contributed by atoms with E-state index in [-0.39, 0.29) is 6.61 Å². The number of methoxy groups -OCH3 is 1. The van der Waals surface area contributed by atoms with Crippen LogP contribution in [0, 0.1) is 0 Å². The Morgan fingerprint density at radius 1 is 1.47 bits per heavy atom. The Labute approximate surface area is 88.1 Å². The first-order chi connectivity index (χ1) is 7.26. The number of ether oxygens (including phenoxy) is 2. The van der Waals surface area contributed by atoms with E-state index in [1.165, 1.54) is 6.07 Å². The largest absolute Gasteiger partial charge is 0.477 e. The van der Waals surface area contributed by atoms with E-state index in [0.717, 1.165) is 0 Å². The predicted octanol–water partition coefficient (Wildman–Crippen LogP) is -0.0336. The van der Waals surface area contributed by atoms with Crippen molar-refractivity contribution in [2.24, 2.45) is 0 Å². The molecule has 1 heterocycles. The van der Waals surface area contributed by atoms with Crippen molar-refractivity contribution in [3.63, 3.8) is 0 Å². The van der Waals surface area contributed by atoms with Gasteiger partial charge in [-0.15, -0.1) is 0 Å². The number of aromatic nitrogens is 2. The summed E-state index contributed by atoms with van der Waals surface area (Å²) in [6, 6.07) is 1.54. The van der Waals surface area contributed by atoms with Gasteiger partial charge in [0.1, 0.15) is 12.4 Å². The number of hydrogen-bond donors (Lipinski definition) is 2. The van der Waals surface area contributed by atoms with Gasteiger partial charge >= 0.3 is 0 Å². The van der Waals surface area contributed by atoms with Crippen molar-refractivity contribution in [1.29, 1.82) is 0 Å². The van der Waals surface area contributed by atoms with Crippen molar-refractivity contribution in [2.75, 3.05) is 26.1 Å². The average molecular weight is 213 g/mol. The Kier molecular flexibility index (Phi) is 4.79. The van der Waals surface area contributed by atoms with Crippen molar-refractivity contribution in [3.05, 3.63) is 11.9 Å². The molecule has 1 aromatic rings. The molecule has 0 saturated carbocycles. The number of rotatable bonds is 6. The molecular formula is C9H15N3O3. The maximum atomic E-state index is 8.58. The monoisotopic (exact) mass is 213 g/mol. The first-order valence-electron chi connectivity index (χ1n) is 4.62. The van der Waals surface area contributed by atoms with Gasteiger partial charge in [-0.3, -0.25) is 0 Å². The Morgan fingerprint density at radius 3 is 2.93 bits per heavy atom. The fourth-order valence-electron chi connectivity index (χ4n) is 1.00. The van der Waals surface area contributed by atoms with Gasteiger partial charge in [0.05, 0.1) is 6.61 Å². The summed E-state index contributed by atoms with van der Waals surface area (Å²) in [5.41, 5.74) is 5.56. The van der Waals surface area contributed by atoms with Crippen LogP contribution < -0.4 is 10.5 Å². The SMILES string of the molecule is COCc1nc(N)cc(OCCCO)n1. The molecule has 15 heavy (non-hydrogen) atoms. The van der Waals surface area contributed by atoms with Gasteiger partial charge in [-0.1, -0.05) is 0 Å². The fourth-order valence-corrected chi connectivity index (χ4v) is 1.00. The van der Waals surface area contributed by atoms with E-state index in [4.69, 9.17) is 20.3 Å². The summed E-state index contributed by atoms with van der Waals surface area (Å²) in [6.45, 7) is 0.784. The fraction of sp³-hybridized carbons (Fsp3) is 0.556. The van der Waals surface area contributed by atoms with Gasteiger partial charge in [-0.05, 0) is 0 Å². The van der Waals surface area contributed by atoms with Crippen LogP contribution in [0.5, 0.6) is 5.88 Å². The van der Waals surface area contributed by atoms with E-state index < -0.39 is 0 Å². The van der Waals surface area contributed by atoms with Crippen LogP contribution in [0.3, 0.4) is 0 Å². The summed E-state index contributed by atoms with van der Waals surface area (Å²) in [7, 11) is 1.55. The van der Waals surface area contributed by atoms with Crippen LogP contribution in [-0.4, -0.2) is 35.4 Å². The van der Waals surface area contributed by atoms with Crippen molar-refractivity contribution in [2.45, 2.75) is 13.0 Å². The zero-order chi connectivity index (χ0) is 11.1. The number of aliphatic hydroxyl groups is 1. The molecule has 0 aliphatic heterocycles. The minimum atomic E-state index is 0.0888. The molecule has 84 valence electrons. The number of nitrogens with two attached hydrogens (primary N) is 1. The van der Waals surface area contributed by atoms with Crippen LogP contribution in [0.25, 0.3) is 0 Å². The van der Waals surface area contributed by atoms with Crippen LogP contribution >= 0.6 is 0 Å². The van der Waals surface area contributed by atoms with Gasteiger partial charge in [-0.25, -0.2) is 4.98 Å². The Balaban J connectivity index is 2.62. The third-order valence-electron chi connectivity index (χ3n) is 1.59. The highest BCUT2D eigenvalue weighted by atomic mass is 16.5. The van der Waals surface area contributed by atoms with Crippen molar-refractivity contribution in [1.82, 2.24) is 9.97 Å². The maximum absolute atomic E-state index is 8.58. The van der Waals surface area contributed by atoms with Gasteiger partial charge in [0.15, 0.2) is 5.82 Å². The second-order valence-corrected chi connectivity index (χ2v) is 2.91. The molecule has 0 atom stereocenters. The Hall–Kier alpha value is -1.40. The molecule has 0 saturated heterocycles. The summed E-state index contributed by atoms with van der Waals surface area (Å²) in [4.78, 5) is 8.04. The third kappa shape index (κ3) is 4.09. The zero-order valence-electron chi connectivity index (χ0n) is 8.64. The smallest absolute Gasteiger partial charge is 0.218 e. The number of hydrogen-bond acceptors (Lipinski definition) is 6. The molecule has 0 aliphatic carbocycles. The molecule has 0 aromatic carbocycles. The van der Waals surface area contributed by atoms with Gasteiger partial charge in [0.2, 0.25) is 5.88 Å². The van der Waals surface area contributed by atoms with Crippen LogP contribution in [0.4, 0.5) is 5.82 Å². The second-order valence-electron chi connectivity index (χ2n) is 2.91. The Bertz CT molecular complexity index is 307. The summed E-state index contributed by atoms with van der Waals surface area (Å²) >= 11 is 0. The average Bonchev–Trinajstić information content (AvgIpc) is 2.18. The highest BCUT2D eigenvalue weighted by molar-refractivity contribution is 5.32. The van der Waals surface area contributed by atoms with Gasteiger partial charge < -0.3 is 20.3 Å². The number of nitrogens with zero attached hydrogens (tertiary/aromatic N) is 2. The van der Waals surface area contributed by atoms with E-state index in [2.05, 4.69) is 9.97 Å². The van der Waals surface area contributed by atoms with Crippen molar-refractivity contribution in [3.8, 4) is 5.88 Å². The molecule has 0 amide bonds. The lowest BCUT2D eigenvalue weighted by atomic mass is 10.5. The molecule has 0 bridgehead atoms. The maximum Gasteiger partial charge on any atom is 0.218 e. The third-order valence-corrected chi connectivity index (χ3v) is 1.59. The number of nitrogen functional groups attached to an aromatic ring is 1. The van der Waals surface area contributed by atoms with E-state index in [0.29, 0.717) is 37.2 Å². The second kappa shape index (κ2) is 6.15. The molecule has 6 heteroatoms. The van der Waals surface area contributed by atoms with Crippen LogP contribution in [-0.2, 0) is 11.3 Å². The quantitative estimate of drug-likeness (QED) is 0.645. The standard InChI is InChI=1S/C9H15N3O3/c1-14-6-8-11-7(10)5-9(12-8)15-4-2-3-13/h5,13H,2-4,6H2,1H3,(H2,10,11,12). The van der Waals surface area contributed by atoms with E-state index in [1.54, 1.807) is 7.11 Å². The molecule has 1 rings (SSSR count). The number of aliphatic hydroxyl groups excluding tert-OH is 1. The summed E-state index contributed by atoms with van der Waals surface area (Å²) in [6.07, 6.45) is 0.559.